The largest absolute Gasteiger partial charge is 0.306 e. The van der Waals surface area contributed by atoms with Gasteiger partial charge in [0.25, 0.3) is 0 Å². The summed E-state index contributed by atoms with van der Waals surface area (Å²) in [5.74, 6) is 0.197. The zero-order valence-corrected chi connectivity index (χ0v) is 13.2. The molecule has 1 aliphatic rings. The molecule has 1 aromatic rings. The Balaban J connectivity index is 1.91. The molecular weight excluding hydrogens is 304 g/mol. The summed E-state index contributed by atoms with van der Waals surface area (Å²) in [5, 5.41) is 0. The van der Waals surface area contributed by atoms with E-state index < -0.39 is 0 Å². The Bertz CT molecular complexity index is 442. The van der Waals surface area contributed by atoms with Gasteiger partial charge in [0.2, 0.25) is 0 Å². The van der Waals surface area contributed by atoms with Crippen LogP contribution in [0.3, 0.4) is 0 Å². The standard InChI is InChI=1S/C15H21BrN2O/c1-17-8-6-14(7-9-17)18(2)11-15(19)12-4-3-5-13(16)10-12/h3-5,10,14H,6-9,11H2,1-2H3. The molecule has 0 unspecified atom stereocenters. The van der Waals surface area contributed by atoms with Crippen LogP contribution in [-0.4, -0.2) is 55.4 Å². The van der Waals surface area contributed by atoms with Gasteiger partial charge in [0.05, 0.1) is 6.54 Å². The van der Waals surface area contributed by atoms with E-state index in [1.165, 1.54) is 0 Å². The second-order valence-corrected chi connectivity index (χ2v) is 6.30. The fourth-order valence-corrected chi connectivity index (χ4v) is 2.94. The number of likely N-dealkylation sites (N-methyl/N-ethyl adjacent to an activating group) is 1. The molecule has 0 saturated carbocycles. The number of piperidine rings is 1. The van der Waals surface area contributed by atoms with Gasteiger partial charge in [0.1, 0.15) is 0 Å². The van der Waals surface area contributed by atoms with Crippen molar-refractivity contribution in [3.63, 3.8) is 0 Å². The van der Waals surface area contributed by atoms with E-state index in [0.717, 1.165) is 36.0 Å². The van der Waals surface area contributed by atoms with E-state index in [9.17, 15) is 4.79 Å². The molecule has 0 aliphatic carbocycles. The number of Topliss-reactive ketones (excluding diaryl/α,β-unsaturated/α-hetero) is 1. The highest BCUT2D eigenvalue weighted by Gasteiger charge is 2.22. The normalized spacial score (nSPS) is 17.9. The molecule has 3 nitrogen and oxygen atoms in total. The fourth-order valence-electron chi connectivity index (χ4n) is 2.54. The van der Waals surface area contributed by atoms with Gasteiger partial charge in [-0.25, -0.2) is 0 Å². The zero-order valence-electron chi connectivity index (χ0n) is 11.6. The van der Waals surface area contributed by atoms with Crippen molar-refractivity contribution in [3.05, 3.63) is 34.3 Å². The summed E-state index contributed by atoms with van der Waals surface area (Å²) in [5.41, 5.74) is 0.786. The lowest BCUT2D eigenvalue weighted by Gasteiger charge is -2.34. The average Bonchev–Trinajstić information content (AvgIpc) is 2.39. The van der Waals surface area contributed by atoms with Gasteiger partial charge in [0.15, 0.2) is 5.78 Å². The molecule has 2 rings (SSSR count). The van der Waals surface area contributed by atoms with Gasteiger partial charge in [-0.3, -0.25) is 9.69 Å². The van der Waals surface area contributed by atoms with E-state index in [1.807, 2.05) is 24.3 Å². The number of likely N-dealkylation sites (tertiary alicyclic amines) is 1. The van der Waals surface area contributed by atoms with Gasteiger partial charge in [-0.2, -0.15) is 0 Å². The Morgan fingerprint density at radius 3 is 2.74 bits per heavy atom. The Kier molecular flexibility index (Phi) is 5.13. The summed E-state index contributed by atoms with van der Waals surface area (Å²) in [6.07, 6.45) is 2.30. The Hall–Kier alpha value is -0.710. The first kappa shape index (κ1) is 14.7. The van der Waals surface area contributed by atoms with E-state index in [1.54, 1.807) is 0 Å². The zero-order chi connectivity index (χ0) is 13.8. The summed E-state index contributed by atoms with van der Waals surface area (Å²) >= 11 is 3.41. The summed E-state index contributed by atoms with van der Waals surface area (Å²) in [6, 6.07) is 8.16. The fraction of sp³-hybridized carbons (Fsp3) is 0.533. The van der Waals surface area contributed by atoms with Crippen LogP contribution in [0.2, 0.25) is 0 Å². The molecule has 0 radical (unpaired) electrons. The second-order valence-electron chi connectivity index (χ2n) is 5.38. The SMILES string of the molecule is CN1CCC(N(C)CC(=O)c2cccc(Br)c2)CC1. The van der Waals surface area contributed by atoms with E-state index in [2.05, 4.69) is 39.8 Å². The van der Waals surface area contributed by atoms with Gasteiger partial charge in [0, 0.05) is 16.1 Å². The van der Waals surface area contributed by atoms with Crippen LogP contribution < -0.4 is 0 Å². The predicted molar refractivity (Wildman–Crippen MR) is 81.6 cm³/mol. The molecule has 1 fully saturated rings. The molecule has 0 bridgehead atoms. The van der Waals surface area contributed by atoms with Crippen LogP contribution in [0.25, 0.3) is 0 Å². The minimum Gasteiger partial charge on any atom is -0.306 e. The molecule has 1 aliphatic heterocycles. The first-order valence-electron chi connectivity index (χ1n) is 6.74. The number of benzene rings is 1. The van der Waals surface area contributed by atoms with Crippen molar-refractivity contribution in [1.29, 1.82) is 0 Å². The van der Waals surface area contributed by atoms with Gasteiger partial charge in [-0.1, -0.05) is 28.1 Å². The van der Waals surface area contributed by atoms with Crippen LogP contribution in [0.5, 0.6) is 0 Å². The maximum atomic E-state index is 12.2. The first-order chi connectivity index (χ1) is 9.06. The third-order valence-corrected chi connectivity index (χ3v) is 4.34. The molecular formula is C15H21BrN2O. The summed E-state index contributed by atoms with van der Waals surface area (Å²) in [4.78, 5) is 16.8. The minimum absolute atomic E-state index is 0.197. The first-order valence-corrected chi connectivity index (χ1v) is 7.53. The highest BCUT2D eigenvalue weighted by Crippen LogP contribution is 2.16. The molecule has 1 saturated heterocycles. The number of rotatable bonds is 4. The number of hydrogen-bond acceptors (Lipinski definition) is 3. The minimum atomic E-state index is 0.197. The smallest absolute Gasteiger partial charge is 0.176 e. The lowest BCUT2D eigenvalue weighted by molar-refractivity contribution is 0.0871. The number of hydrogen-bond donors (Lipinski definition) is 0. The van der Waals surface area contributed by atoms with Crippen molar-refractivity contribution in [3.8, 4) is 0 Å². The molecule has 0 aromatic heterocycles. The third kappa shape index (κ3) is 4.13. The topological polar surface area (TPSA) is 23.6 Å². The molecule has 104 valence electrons. The Morgan fingerprint density at radius 2 is 2.11 bits per heavy atom. The Morgan fingerprint density at radius 1 is 1.42 bits per heavy atom. The summed E-state index contributed by atoms with van der Waals surface area (Å²) in [7, 11) is 4.22. The van der Waals surface area contributed by atoms with Crippen molar-refractivity contribution >= 4 is 21.7 Å². The van der Waals surface area contributed by atoms with Crippen molar-refractivity contribution < 1.29 is 4.79 Å². The van der Waals surface area contributed by atoms with Crippen LogP contribution in [0.15, 0.2) is 28.7 Å². The lowest BCUT2D eigenvalue weighted by atomic mass is 10.0. The molecule has 0 spiro atoms. The number of halogens is 1. The Labute approximate surface area is 123 Å². The molecule has 0 atom stereocenters. The molecule has 19 heavy (non-hydrogen) atoms. The average molecular weight is 325 g/mol. The van der Waals surface area contributed by atoms with E-state index in [-0.39, 0.29) is 5.78 Å². The predicted octanol–water partition coefficient (Wildman–Crippen LogP) is 2.66. The van der Waals surface area contributed by atoms with Gasteiger partial charge in [-0.05, 0) is 52.2 Å². The second kappa shape index (κ2) is 6.64. The summed E-state index contributed by atoms with van der Waals surface area (Å²) in [6.45, 7) is 2.75. The van der Waals surface area contributed by atoms with Crippen LogP contribution in [-0.2, 0) is 0 Å². The third-order valence-electron chi connectivity index (χ3n) is 3.85. The highest BCUT2D eigenvalue weighted by atomic mass is 79.9. The number of carbonyl (C=O) groups is 1. The lowest BCUT2D eigenvalue weighted by Crippen LogP contribution is -2.43. The van der Waals surface area contributed by atoms with E-state index >= 15 is 0 Å². The van der Waals surface area contributed by atoms with Gasteiger partial charge in [-0.15, -0.1) is 0 Å². The van der Waals surface area contributed by atoms with Crippen molar-refractivity contribution in [1.82, 2.24) is 9.80 Å². The van der Waals surface area contributed by atoms with Crippen LogP contribution in [0, 0.1) is 0 Å². The van der Waals surface area contributed by atoms with E-state index in [0.29, 0.717) is 12.6 Å². The maximum absolute atomic E-state index is 12.2. The molecule has 4 heteroatoms. The maximum Gasteiger partial charge on any atom is 0.176 e. The van der Waals surface area contributed by atoms with Crippen LogP contribution in [0.1, 0.15) is 23.2 Å². The van der Waals surface area contributed by atoms with Gasteiger partial charge >= 0.3 is 0 Å². The quantitative estimate of drug-likeness (QED) is 0.795. The highest BCUT2D eigenvalue weighted by molar-refractivity contribution is 9.10. The molecule has 1 aromatic carbocycles. The summed E-state index contributed by atoms with van der Waals surface area (Å²) < 4.78 is 0.959. The van der Waals surface area contributed by atoms with Crippen molar-refractivity contribution in [2.75, 3.05) is 33.7 Å². The van der Waals surface area contributed by atoms with E-state index in [4.69, 9.17) is 0 Å². The van der Waals surface area contributed by atoms with Crippen LogP contribution >= 0.6 is 15.9 Å². The monoisotopic (exact) mass is 324 g/mol. The van der Waals surface area contributed by atoms with Gasteiger partial charge < -0.3 is 4.90 Å². The number of ketones is 1. The van der Waals surface area contributed by atoms with Crippen LogP contribution in [0.4, 0.5) is 0 Å². The number of carbonyl (C=O) groups excluding carboxylic acids is 1. The number of nitrogens with zero attached hydrogens (tertiary/aromatic N) is 2. The molecule has 0 amide bonds. The molecule has 0 N–H and O–H groups in total. The molecule has 1 heterocycles. The van der Waals surface area contributed by atoms with Crippen molar-refractivity contribution in [2.45, 2.75) is 18.9 Å². The van der Waals surface area contributed by atoms with Crippen molar-refractivity contribution in [2.24, 2.45) is 0 Å².